The van der Waals surface area contributed by atoms with Crippen LogP contribution < -0.4 is 10.6 Å². The summed E-state index contributed by atoms with van der Waals surface area (Å²) in [4.78, 5) is 24.6. The van der Waals surface area contributed by atoms with Crippen LogP contribution in [-0.4, -0.2) is 22.8 Å². The number of Topliss-reactive ketones (excluding diaryl/α,β-unsaturated/α-hetero) is 2. The largest absolute Gasteiger partial charge is 0.469 e. The predicted octanol–water partition coefficient (Wildman–Crippen LogP) is 2.46. The highest BCUT2D eigenvalue weighted by atomic mass is 16.5. The molecule has 5 heteroatoms. The van der Waals surface area contributed by atoms with Crippen molar-refractivity contribution in [3.8, 4) is 0 Å². The van der Waals surface area contributed by atoms with E-state index in [1.54, 1.807) is 13.8 Å². The minimum atomic E-state index is -1.21. The number of carbonyl (C=O) groups excluding carboxylic acids is 2. The number of fused-ring (bicyclic) bond motifs is 2. The second kappa shape index (κ2) is 4.10. The number of anilines is 2. The number of benzene rings is 1. The molecular weight excluding hydrogens is 268 g/mol. The number of rotatable bonds is 2. The number of ether oxygens (including phenoxy) is 1. The summed E-state index contributed by atoms with van der Waals surface area (Å²) in [5.41, 5.74) is -0.230. The maximum absolute atomic E-state index is 12.5. The van der Waals surface area contributed by atoms with E-state index in [1.807, 2.05) is 24.3 Å². The van der Waals surface area contributed by atoms with Crippen LogP contribution in [-0.2, 0) is 14.3 Å². The molecule has 2 aliphatic heterocycles. The Balaban J connectivity index is 2.27. The lowest BCUT2D eigenvalue weighted by atomic mass is 9.75. The van der Waals surface area contributed by atoms with Crippen molar-refractivity contribution in [2.75, 3.05) is 10.6 Å². The molecule has 2 N–H and O–H groups in total. The number of ketones is 2. The topological polar surface area (TPSA) is 67.4 Å². The SMILES string of the molecule is CC(=O)C1=C(C)OC2(C)Nc3ccccc3NC12C(C)=O. The number of para-hydroxylation sites is 2. The molecule has 110 valence electrons. The molecule has 5 nitrogen and oxygen atoms in total. The maximum Gasteiger partial charge on any atom is 0.212 e. The molecule has 0 aliphatic carbocycles. The van der Waals surface area contributed by atoms with Gasteiger partial charge >= 0.3 is 0 Å². The zero-order valence-corrected chi connectivity index (χ0v) is 12.5. The van der Waals surface area contributed by atoms with Crippen molar-refractivity contribution in [3.63, 3.8) is 0 Å². The minimum Gasteiger partial charge on any atom is -0.469 e. The van der Waals surface area contributed by atoms with Gasteiger partial charge in [-0.15, -0.1) is 0 Å². The molecule has 0 bridgehead atoms. The molecule has 2 unspecified atom stereocenters. The van der Waals surface area contributed by atoms with Gasteiger partial charge in [-0.05, 0) is 39.8 Å². The highest BCUT2D eigenvalue weighted by molar-refractivity contribution is 6.10. The van der Waals surface area contributed by atoms with Gasteiger partial charge < -0.3 is 15.4 Å². The van der Waals surface area contributed by atoms with Crippen molar-refractivity contribution in [2.45, 2.75) is 39.0 Å². The Labute approximate surface area is 123 Å². The van der Waals surface area contributed by atoms with Crippen LogP contribution >= 0.6 is 0 Å². The molecule has 0 aromatic heterocycles. The van der Waals surface area contributed by atoms with Gasteiger partial charge in [-0.25, -0.2) is 0 Å². The molecule has 0 saturated carbocycles. The number of hydrogen-bond acceptors (Lipinski definition) is 5. The Morgan fingerprint density at radius 1 is 1.10 bits per heavy atom. The average molecular weight is 286 g/mol. The average Bonchev–Trinajstić information content (AvgIpc) is 2.62. The van der Waals surface area contributed by atoms with Crippen molar-refractivity contribution < 1.29 is 14.3 Å². The third-order valence-electron chi connectivity index (χ3n) is 4.30. The Hall–Kier alpha value is -2.30. The molecule has 2 heterocycles. The summed E-state index contributed by atoms with van der Waals surface area (Å²) in [6.07, 6.45) is 0. The van der Waals surface area contributed by atoms with E-state index in [4.69, 9.17) is 4.74 Å². The summed E-state index contributed by atoms with van der Waals surface area (Å²) in [6, 6.07) is 7.56. The van der Waals surface area contributed by atoms with Crippen LogP contribution in [0.15, 0.2) is 35.6 Å². The van der Waals surface area contributed by atoms with Gasteiger partial charge in [0.1, 0.15) is 5.76 Å². The van der Waals surface area contributed by atoms with Crippen molar-refractivity contribution in [1.29, 1.82) is 0 Å². The molecule has 1 aromatic carbocycles. The maximum atomic E-state index is 12.5. The van der Waals surface area contributed by atoms with Crippen LogP contribution in [0.1, 0.15) is 27.7 Å². The summed E-state index contributed by atoms with van der Waals surface area (Å²) in [6.45, 7) is 6.45. The molecule has 2 aliphatic rings. The van der Waals surface area contributed by atoms with Gasteiger partial charge in [0.2, 0.25) is 5.72 Å². The lowest BCUT2D eigenvalue weighted by Gasteiger charge is -2.47. The second-order valence-electron chi connectivity index (χ2n) is 5.72. The van der Waals surface area contributed by atoms with E-state index in [1.165, 1.54) is 13.8 Å². The van der Waals surface area contributed by atoms with Crippen molar-refractivity contribution in [1.82, 2.24) is 0 Å². The molecule has 1 aromatic rings. The van der Waals surface area contributed by atoms with E-state index in [-0.39, 0.29) is 11.6 Å². The first kappa shape index (κ1) is 13.7. The van der Waals surface area contributed by atoms with Crippen molar-refractivity contribution in [3.05, 3.63) is 35.6 Å². The van der Waals surface area contributed by atoms with Crippen LogP contribution in [0.2, 0.25) is 0 Å². The number of hydrogen-bond donors (Lipinski definition) is 2. The molecule has 21 heavy (non-hydrogen) atoms. The zero-order valence-electron chi connectivity index (χ0n) is 12.5. The van der Waals surface area contributed by atoms with E-state index in [2.05, 4.69) is 10.6 Å². The molecule has 0 saturated heterocycles. The monoisotopic (exact) mass is 286 g/mol. The van der Waals surface area contributed by atoms with Gasteiger partial charge in [-0.2, -0.15) is 0 Å². The number of carbonyl (C=O) groups is 2. The van der Waals surface area contributed by atoms with E-state index in [0.717, 1.165) is 11.4 Å². The van der Waals surface area contributed by atoms with Gasteiger partial charge in [0.25, 0.3) is 0 Å². The first-order valence-corrected chi connectivity index (χ1v) is 6.89. The van der Waals surface area contributed by atoms with E-state index < -0.39 is 11.3 Å². The quantitative estimate of drug-likeness (QED) is 0.874. The zero-order chi connectivity index (χ0) is 15.4. The first-order valence-electron chi connectivity index (χ1n) is 6.89. The fourth-order valence-corrected chi connectivity index (χ4v) is 3.51. The third kappa shape index (κ3) is 1.57. The van der Waals surface area contributed by atoms with E-state index >= 15 is 0 Å². The summed E-state index contributed by atoms with van der Waals surface area (Å²) in [5, 5.41) is 6.53. The fraction of sp³-hybridized carbons (Fsp3) is 0.375. The minimum absolute atomic E-state index is 0.158. The Kier molecular flexibility index (Phi) is 2.67. The van der Waals surface area contributed by atoms with Crippen molar-refractivity contribution in [2.24, 2.45) is 0 Å². The van der Waals surface area contributed by atoms with Gasteiger partial charge in [-0.3, -0.25) is 9.59 Å². The summed E-state index contributed by atoms with van der Waals surface area (Å²) in [5.74, 6) is 0.155. The lowest BCUT2D eigenvalue weighted by Crippen LogP contribution is -2.67. The van der Waals surface area contributed by atoms with Gasteiger partial charge in [0, 0.05) is 0 Å². The second-order valence-corrected chi connectivity index (χ2v) is 5.72. The Morgan fingerprint density at radius 2 is 1.67 bits per heavy atom. The lowest BCUT2D eigenvalue weighted by molar-refractivity contribution is -0.127. The summed E-state index contributed by atoms with van der Waals surface area (Å²) < 4.78 is 5.91. The van der Waals surface area contributed by atoms with Crippen molar-refractivity contribution >= 4 is 22.9 Å². The standard InChI is InChI=1S/C16H18N2O3/c1-9(19)14-10(2)21-15(4)16(14,11(3)20)18-13-8-6-5-7-12(13)17-15/h5-8,17-18H,1-4H3. The van der Waals surface area contributed by atoms with E-state index in [9.17, 15) is 9.59 Å². The van der Waals surface area contributed by atoms with Crippen LogP contribution in [0.3, 0.4) is 0 Å². The molecule has 0 spiro atoms. The first-order chi connectivity index (χ1) is 9.82. The molecule has 0 radical (unpaired) electrons. The van der Waals surface area contributed by atoms with Crippen LogP contribution in [0.5, 0.6) is 0 Å². The summed E-state index contributed by atoms with van der Waals surface area (Å²) >= 11 is 0. The van der Waals surface area contributed by atoms with Gasteiger partial charge in [0.15, 0.2) is 17.1 Å². The number of nitrogens with one attached hydrogen (secondary N) is 2. The van der Waals surface area contributed by atoms with Gasteiger partial charge in [-0.1, -0.05) is 12.1 Å². The molecule has 3 rings (SSSR count). The third-order valence-corrected chi connectivity index (χ3v) is 4.30. The molecule has 0 fully saturated rings. The normalized spacial score (nSPS) is 29.7. The summed E-state index contributed by atoms with van der Waals surface area (Å²) in [7, 11) is 0. The Bertz CT molecular complexity index is 695. The molecule has 0 amide bonds. The van der Waals surface area contributed by atoms with Crippen LogP contribution in [0, 0.1) is 0 Å². The highest BCUT2D eigenvalue weighted by Crippen LogP contribution is 2.50. The number of allylic oxidation sites excluding steroid dienone is 1. The fourth-order valence-electron chi connectivity index (χ4n) is 3.51. The smallest absolute Gasteiger partial charge is 0.212 e. The molecular formula is C16H18N2O3. The Morgan fingerprint density at radius 3 is 2.19 bits per heavy atom. The van der Waals surface area contributed by atoms with Crippen LogP contribution in [0.4, 0.5) is 11.4 Å². The van der Waals surface area contributed by atoms with E-state index in [0.29, 0.717) is 11.3 Å². The molecule has 2 atom stereocenters. The van der Waals surface area contributed by atoms with Gasteiger partial charge in [0.05, 0.1) is 16.9 Å². The predicted molar refractivity (Wildman–Crippen MR) is 80.0 cm³/mol. The highest BCUT2D eigenvalue weighted by Gasteiger charge is 2.65. The van der Waals surface area contributed by atoms with Crippen LogP contribution in [0.25, 0.3) is 0 Å².